The molecule has 0 saturated carbocycles. The van der Waals surface area contributed by atoms with E-state index in [1.165, 1.54) is 26.2 Å². The van der Waals surface area contributed by atoms with Crippen molar-refractivity contribution in [3.8, 4) is 5.75 Å². The molecule has 3 rings (SSSR count). The van der Waals surface area contributed by atoms with Crippen molar-refractivity contribution < 1.29 is 22.7 Å². The molecule has 0 fully saturated rings. The van der Waals surface area contributed by atoms with Crippen molar-refractivity contribution in [2.75, 3.05) is 7.11 Å². The van der Waals surface area contributed by atoms with Gasteiger partial charge in [-0.25, -0.2) is 12.7 Å². The third-order valence-corrected chi connectivity index (χ3v) is 5.70. The largest absolute Gasteiger partial charge is 0.496 e. The van der Waals surface area contributed by atoms with E-state index >= 15 is 0 Å². The van der Waals surface area contributed by atoms with E-state index in [9.17, 15) is 18.0 Å². The van der Waals surface area contributed by atoms with Gasteiger partial charge in [-0.15, -0.1) is 0 Å². The number of sulfonamides is 1. The Kier molecular flexibility index (Phi) is 3.88. The summed E-state index contributed by atoms with van der Waals surface area (Å²) in [6.07, 6.45) is 0. The minimum atomic E-state index is -3.91. The van der Waals surface area contributed by atoms with Crippen LogP contribution < -0.4 is 4.74 Å². The van der Waals surface area contributed by atoms with E-state index in [-0.39, 0.29) is 22.8 Å². The normalized spacial score (nSPS) is 15.2. The molecule has 0 atom stereocenters. The van der Waals surface area contributed by atoms with Crippen LogP contribution in [-0.2, 0) is 16.6 Å². The molecule has 0 N–H and O–H groups in total. The van der Waals surface area contributed by atoms with Crippen LogP contribution in [0.4, 0.5) is 0 Å². The lowest BCUT2D eigenvalue weighted by Gasteiger charge is -2.17. The number of Topliss-reactive ketones (excluding diaryl/α,β-unsaturated/α-hetero) is 1. The number of ketones is 1. The Bertz CT molecular complexity index is 949. The Morgan fingerprint density at radius 2 is 1.88 bits per heavy atom. The highest BCUT2D eigenvalue weighted by atomic mass is 32.2. The fourth-order valence-corrected chi connectivity index (χ4v) is 4.21. The van der Waals surface area contributed by atoms with Gasteiger partial charge in [0, 0.05) is 11.1 Å². The van der Waals surface area contributed by atoms with Crippen LogP contribution in [-0.4, -0.2) is 31.5 Å². The highest BCUT2D eigenvalue weighted by molar-refractivity contribution is 7.90. The van der Waals surface area contributed by atoms with Crippen molar-refractivity contribution in [2.24, 2.45) is 0 Å². The van der Waals surface area contributed by atoms with Gasteiger partial charge in [-0.05, 0) is 37.3 Å². The number of carbonyl (C=O) groups excluding carboxylic acids is 2. The zero-order valence-corrected chi connectivity index (χ0v) is 14.0. The predicted molar refractivity (Wildman–Crippen MR) is 86.5 cm³/mol. The van der Waals surface area contributed by atoms with Crippen molar-refractivity contribution in [1.82, 2.24) is 4.31 Å². The fourth-order valence-electron chi connectivity index (χ4n) is 2.66. The molecule has 0 aromatic heterocycles. The Morgan fingerprint density at radius 3 is 2.50 bits per heavy atom. The summed E-state index contributed by atoms with van der Waals surface area (Å²) in [6.45, 7) is 1.22. The predicted octanol–water partition coefficient (Wildman–Crippen LogP) is 2.24. The van der Waals surface area contributed by atoms with Gasteiger partial charge in [-0.1, -0.05) is 12.1 Å². The summed E-state index contributed by atoms with van der Waals surface area (Å²) in [4.78, 5) is 24.0. The SMILES string of the molecule is COc1ccc(C(C)=O)cc1CN1C(=O)c2ccccc2S1(=O)=O. The third kappa shape index (κ3) is 2.46. The minimum absolute atomic E-state index is 0.00307. The van der Waals surface area contributed by atoms with Gasteiger partial charge in [-0.3, -0.25) is 9.59 Å². The molecule has 7 heteroatoms. The van der Waals surface area contributed by atoms with E-state index in [1.54, 1.807) is 30.3 Å². The van der Waals surface area contributed by atoms with Crippen LogP contribution in [0, 0.1) is 0 Å². The molecule has 1 heterocycles. The number of methoxy groups -OCH3 is 1. The Hall–Kier alpha value is -2.67. The summed E-state index contributed by atoms with van der Waals surface area (Å²) in [7, 11) is -2.46. The molecule has 1 aliphatic heterocycles. The minimum Gasteiger partial charge on any atom is -0.496 e. The van der Waals surface area contributed by atoms with Crippen molar-refractivity contribution in [3.05, 3.63) is 59.2 Å². The highest BCUT2D eigenvalue weighted by Crippen LogP contribution is 2.33. The van der Waals surface area contributed by atoms with Crippen molar-refractivity contribution in [2.45, 2.75) is 18.4 Å². The summed E-state index contributed by atoms with van der Waals surface area (Å²) in [6, 6.07) is 10.8. The van der Waals surface area contributed by atoms with Crippen LogP contribution in [0.25, 0.3) is 0 Å². The molecule has 124 valence electrons. The van der Waals surface area contributed by atoms with Crippen LogP contribution >= 0.6 is 0 Å². The fraction of sp³-hybridized carbons (Fsp3) is 0.176. The highest BCUT2D eigenvalue weighted by Gasteiger charge is 2.41. The van der Waals surface area contributed by atoms with Crippen LogP contribution in [0.3, 0.4) is 0 Å². The molecule has 0 bridgehead atoms. The number of amides is 1. The van der Waals surface area contributed by atoms with Gasteiger partial charge in [0.15, 0.2) is 5.78 Å². The standard InChI is InChI=1S/C17H15NO5S/c1-11(19)12-7-8-15(23-2)13(9-12)10-18-17(20)14-5-3-4-6-16(14)24(18,21)22/h3-9H,10H2,1-2H3. The maximum atomic E-state index is 12.6. The van der Waals surface area contributed by atoms with Gasteiger partial charge in [0.25, 0.3) is 15.9 Å². The van der Waals surface area contributed by atoms with E-state index in [1.807, 2.05) is 0 Å². The second-order valence-electron chi connectivity index (χ2n) is 5.40. The first-order chi connectivity index (χ1) is 11.4. The van der Waals surface area contributed by atoms with Crippen LogP contribution in [0.1, 0.15) is 33.2 Å². The molecule has 0 radical (unpaired) electrons. The van der Waals surface area contributed by atoms with Crippen molar-refractivity contribution in [1.29, 1.82) is 0 Å². The number of rotatable bonds is 4. The van der Waals surface area contributed by atoms with E-state index in [0.717, 1.165) is 4.31 Å². The van der Waals surface area contributed by atoms with Gasteiger partial charge in [0.05, 0.1) is 19.2 Å². The van der Waals surface area contributed by atoms with E-state index < -0.39 is 15.9 Å². The quantitative estimate of drug-likeness (QED) is 0.794. The summed E-state index contributed by atoms with van der Waals surface area (Å²) >= 11 is 0. The van der Waals surface area contributed by atoms with Gasteiger partial charge < -0.3 is 4.74 Å². The van der Waals surface area contributed by atoms with Crippen LogP contribution in [0.5, 0.6) is 5.75 Å². The van der Waals surface area contributed by atoms with Crippen molar-refractivity contribution >= 4 is 21.7 Å². The van der Waals surface area contributed by atoms with Crippen LogP contribution in [0.2, 0.25) is 0 Å². The zero-order valence-electron chi connectivity index (χ0n) is 13.1. The summed E-state index contributed by atoms with van der Waals surface area (Å²) < 4.78 is 31.3. The molecule has 0 aliphatic carbocycles. The first-order valence-electron chi connectivity index (χ1n) is 7.20. The van der Waals surface area contributed by atoms with E-state index in [0.29, 0.717) is 16.9 Å². The lowest BCUT2D eigenvalue weighted by Crippen LogP contribution is -2.29. The molecule has 0 unspecified atom stereocenters. The van der Waals surface area contributed by atoms with Crippen LogP contribution in [0.15, 0.2) is 47.4 Å². The lowest BCUT2D eigenvalue weighted by atomic mass is 10.1. The lowest BCUT2D eigenvalue weighted by molar-refractivity contribution is 0.0864. The Morgan fingerprint density at radius 1 is 1.17 bits per heavy atom. The number of carbonyl (C=O) groups is 2. The summed E-state index contributed by atoms with van der Waals surface area (Å²) in [5, 5.41) is 0. The maximum Gasteiger partial charge on any atom is 0.269 e. The number of nitrogens with zero attached hydrogens (tertiary/aromatic N) is 1. The number of benzene rings is 2. The smallest absolute Gasteiger partial charge is 0.269 e. The second-order valence-corrected chi connectivity index (χ2v) is 7.23. The zero-order chi connectivity index (χ0) is 17.5. The molecule has 0 spiro atoms. The number of ether oxygens (including phenoxy) is 1. The second kappa shape index (κ2) is 5.76. The number of hydrogen-bond donors (Lipinski definition) is 0. The summed E-state index contributed by atoms with van der Waals surface area (Å²) in [5.41, 5.74) is 1.03. The third-order valence-electron chi connectivity index (χ3n) is 3.91. The Labute approximate surface area is 139 Å². The van der Waals surface area contributed by atoms with Gasteiger partial charge in [0.2, 0.25) is 0 Å². The van der Waals surface area contributed by atoms with Gasteiger partial charge in [-0.2, -0.15) is 0 Å². The number of fused-ring (bicyclic) bond motifs is 1. The average molecular weight is 345 g/mol. The topological polar surface area (TPSA) is 80.8 Å². The average Bonchev–Trinajstić information content (AvgIpc) is 2.76. The molecular formula is C17H15NO5S. The molecule has 0 saturated heterocycles. The van der Waals surface area contributed by atoms with Gasteiger partial charge >= 0.3 is 0 Å². The van der Waals surface area contributed by atoms with Gasteiger partial charge in [0.1, 0.15) is 10.6 Å². The molecule has 6 nitrogen and oxygen atoms in total. The first-order valence-corrected chi connectivity index (χ1v) is 8.64. The molecule has 1 aliphatic rings. The monoisotopic (exact) mass is 345 g/mol. The van der Waals surface area contributed by atoms with E-state index in [4.69, 9.17) is 4.74 Å². The Balaban J connectivity index is 2.05. The molecule has 2 aromatic carbocycles. The van der Waals surface area contributed by atoms with E-state index in [2.05, 4.69) is 0 Å². The van der Waals surface area contributed by atoms with Crippen molar-refractivity contribution in [3.63, 3.8) is 0 Å². The molecule has 2 aromatic rings. The molecule has 24 heavy (non-hydrogen) atoms. The first kappa shape index (κ1) is 16.2. The molecule has 1 amide bonds. The number of hydrogen-bond acceptors (Lipinski definition) is 5. The summed E-state index contributed by atoms with van der Waals surface area (Å²) in [5.74, 6) is -0.322. The maximum absolute atomic E-state index is 12.6. The molecular weight excluding hydrogens is 330 g/mol.